The topological polar surface area (TPSA) is 188 Å². The molecule has 416 valence electrons. The van der Waals surface area contributed by atoms with Gasteiger partial charge in [0.15, 0.2) is 11.6 Å². The van der Waals surface area contributed by atoms with Gasteiger partial charge in [0.1, 0.15) is 40.4 Å². The molecule has 0 saturated heterocycles. The number of carbonyl (C=O) groups excluding carboxylic acids is 2. The number of likely N-dealkylation sites (N-methyl/N-ethyl adjacent to an activating group) is 1. The molecule has 6 aromatic rings. The lowest BCUT2D eigenvalue weighted by atomic mass is 10.1. The number of halogens is 1. The van der Waals surface area contributed by atoms with E-state index in [-0.39, 0.29) is 17.5 Å². The Hall–Kier alpha value is -4.69. The highest BCUT2D eigenvalue weighted by atomic mass is 127. The van der Waals surface area contributed by atoms with Gasteiger partial charge in [0.2, 0.25) is 0 Å². The maximum atomic E-state index is 11.8. The highest BCUT2D eigenvalue weighted by Crippen LogP contribution is 2.31. The van der Waals surface area contributed by atoms with Gasteiger partial charge in [-0.2, -0.15) is 0 Å². The van der Waals surface area contributed by atoms with E-state index in [1.807, 2.05) is 65.8 Å². The minimum absolute atomic E-state index is 0.194. The lowest BCUT2D eigenvalue weighted by molar-refractivity contribution is -0.891. The van der Waals surface area contributed by atoms with Crippen LogP contribution in [-0.2, 0) is 54.5 Å². The van der Waals surface area contributed by atoms with Crippen molar-refractivity contribution in [1.29, 1.82) is 0 Å². The van der Waals surface area contributed by atoms with Crippen LogP contribution >= 0.6 is 22.6 Å². The van der Waals surface area contributed by atoms with Crippen LogP contribution in [0, 0.1) is 0 Å². The van der Waals surface area contributed by atoms with Crippen LogP contribution < -0.4 is 11.5 Å². The average molecular weight is 1150 g/mol. The first-order chi connectivity index (χ1) is 35.6. The molecule has 16 nitrogen and oxygen atoms in total. The summed E-state index contributed by atoms with van der Waals surface area (Å²) in [5.41, 5.74) is 17.5. The summed E-state index contributed by atoms with van der Waals surface area (Å²) in [4.78, 5) is 44.1. The minimum atomic E-state index is -0.452. The highest BCUT2D eigenvalue weighted by Gasteiger charge is 2.21. The number of aryl methyl sites for hydroxylation is 4. The number of quaternary nitrogens is 1. The molecule has 0 bridgehead atoms. The molecule has 4 N–H and O–H groups in total. The number of pyridine rings is 2. The van der Waals surface area contributed by atoms with Gasteiger partial charge in [-0.3, -0.25) is 9.59 Å². The number of aromatic nitrogens is 6. The lowest BCUT2D eigenvalue weighted by Crippen LogP contribution is -2.43. The van der Waals surface area contributed by atoms with Gasteiger partial charge < -0.3 is 48.9 Å². The fourth-order valence-electron chi connectivity index (χ4n) is 8.63. The summed E-state index contributed by atoms with van der Waals surface area (Å²) in [6.45, 7) is 22.8. The number of benzene rings is 2. The molecule has 4 aromatic heterocycles. The molecule has 0 amide bonds. The zero-order chi connectivity index (χ0) is 55.2. The van der Waals surface area contributed by atoms with Crippen LogP contribution in [0.25, 0.3) is 43.9 Å². The Morgan fingerprint density at radius 2 is 1.05 bits per heavy atom. The molecule has 75 heavy (non-hydrogen) atoms. The van der Waals surface area contributed by atoms with Crippen molar-refractivity contribution in [3.05, 3.63) is 60.2 Å². The Balaban J connectivity index is 0.000000275. The average Bonchev–Trinajstić information content (AvgIpc) is 3.90. The number of nitrogen functional groups attached to an aromatic ring is 2. The number of imidazole rings is 2. The van der Waals surface area contributed by atoms with Crippen LogP contribution in [0.4, 0.5) is 11.6 Å². The second-order valence-electron chi connectivity index (χ2n) is 22.2. The van der Waals surface area contributed by atoms with E-state index in [1.165, 1.54) is 6.42 Å². The fourth-order valence-corrected chi connectivity index (χ4v) is 8.94. The Morgan fingerprint density at radius 1 is 0.613 bits per heavy atom. The molecular weight excluding hydrogens is 1060 g/mol. The van der Waals surface area contributed by atoms with Crippen molar-refractivity contribution < 1.29 is 33.0 Å². The quantitative estimate of drug-likeness (QED) is 0.0163. The molecule has 0 unspecified atom stereocenters. The number of fused-ring (bicyclic) bond motifs is 6. The molecule has 0 aliphatic rings. The summed E-state index contributed by atoms with van der Waals surface area (Å²) in [7, 11) is 8.71. The number of ether oxygens (including phenoxy) is 4. The third-order valence-electron chi connectivity index (χ3n) is 12.3. The maximum Gasteiger partial charge on any atom is 0.308 e. The van der Waals surface area contributed by atoms with Crippen LogP contribution in [-0.4, -0.2) is 140 Å². The van der Waals surface area contributed by atoms with Crippen molar-refractivity contribution in [2.24, 2.45) is 0 Å². The van der Waals surface area contributed by atoms with Crippen molar-refractivity contribution in [3.8, 4) is 0 Å². The van der Waals surface area contributed by atoms with Gasteiger partial charge >= 0.3 is 11.9 Å². The standard InChI is InChI=1S/C29H46N5O3.C20H29N5.C9H17IO3/c1-7-8-15-24-32-26-27(22-13-9-10-14-23(22)31-28(26)30)33(24)17-11-12-18-34(5,6)19-21-36-20-16-25(35)37-29(2,3)4;1-4-5-12-17-23-18-19(25(17)14-9-8-13-24(2)3)15-10-6-7-11-16(15)22-20(18)21;1-9(2,3)13-8(11)4-6-12-7-5-10/h9-10,13-14H,7-8,11-12,15-21H2,1-6H3,(H2,30,31);6-7,10-11H,4-5,8-9,12-14H2,1-3H3,(H2,21,22);4-7H2,1-3H3/q+1;;. The first-order valence-corrected chi connectivity index (χ1v) is 28.8. The summed E-state index contributed by atoms with van der Waals surface area (Å²) in [5, 5.41) is 2.26. The van der Waals surface area contributed by atoms with Gasteiger partial charge in [0.05, 0.1) is 82.0 Å². The van der Waals surface area contributed by atoms with E-state index >= 15 is 0 Å². The van der Waals surface area contributed by atoms with Crippen molar-refractivity contribution >= 4 is 90.0 Å². The zero-order valence-corrected chi connectivity index (χ0v) is 49.9. The molecule has 0 aliphatic carbocycles. The van der Waals surface area contributed by atoms with E-state index in [1.54, 1.807) is 0 Å². The monoisotopic (exact) mass is 1150 g/mol. The van der Waals surface area contributed by atoms with Gasteiger partial charge in [-0.15, -0.1) is 0 Å². The van der Waals surface area contributed by atoms with Crippen molar-refractivity contribution in [2.75, 3.05) is 90.1 Å². The number of esters is 2. The first kappa shape index (κ1) is 62.8. The van der Waals surface area contributed by atoms with Crippen LogP contribution in [0.5, 0.6) is 0 Å². The number of hydrogen-bond acceptors (Lipinski definition) is 13. The molecule has 4 heterocycles. The van der Waals surface area contributed by atoms with Gasteiger partial charge in [0, 0.05) is 41.1 Å². The van der Waals surface area contributed by atoms with Crippen LogP contribution in [0.15, 0.2) is 48.5 Å². The molecule has 0 spiro atoms. The van der Waals surface area contributed by atoms with Crippen LogP contribution in [0.3, 0.4) is 0 Å². The largest absolute Gasteiger partial charge is 0.460 e. The van der Waals surface area contributed by atoms with Gasteiger partial charge in [-0.25, -0.2) is 19.9 Å². The van der Waals surface area contributed by atoms with Gasteiger partial charge in [-0.1, -0.05) is 85.7 Å². The number of nitrogens with zero attached hydrogens (tertiary/aromatic N) is 8. The number of nitrogens with two attached hydrogens (primary N) is 2. The molecule has 6 rings (SSSR count). The molecule has 0 radical (unpaired) electrons. The fraction of sp³-hybridized carbons (Fsp3) is 0.621. The van der Waals surface area contributed by atoms with Crippen LogP contribution in [0.2, 0.25) is 0 Å². The van der Waals surface area contributed by atoms with Crippen molar-refractivity contribution in [3.63, 3.8) is 0 Å². The second kappa shape index (κ2) is 30.9. The summed E-state index contributed by atoms with van der Waals surface area (Å²) < 4.78 is 27.9. The summed E-state index contributed by atoms with van der Waals surface area (Å²) in [6, 6.07) is 16.4. The molecule has 0 fully saturated rings. The maximum absolute atomic E-state index is 11.8. The van der Waals surface area contributed by atoms with Crippen LogP contribution in [0.1, 0.15) is 131 Å². The predicted octanol–water partition coefficient (Wildman–Crippen LogP) is 11.1. The third kappa shape index (κ3) is 21.3. The Bertz CT molecular complexity index is 2690. The SMILES string of the molecule is CC(C)(C)OC(=O)CCOCCI.CCCCc1nc2c(N)nc3ccccc3c2n1CCCCN(C)C.CCCCc1nc2c(N)nc3ccccc3c2n1CCCC[N+](C)(C)CCOCCC(=O)OC(C)(C)C. The molecule has 0 aliphatic heterocycles. The first-order valence-electron chi connectivity index (χ1n) is 27.3. The molecule has 0 saturated carbocycles. The van der Waals surface area contributed by atoms with Crippen molar-refractivity contribution in [2.45, 2.75) is 157 Å². The zero-order valence-electron chi connectivity index (χ0n) is 47.7. The highest BCUT2D eigenvalue weighted by molar-refractivity contribution is 14.1. The van der Waals surface area contributed by atoms with E-state index in [0.29, 0.717) is 50.9 Å². The smallest absolute Gasteiger partial charge is 0.308 e. The van der Waals surface area contributed by atoms with Crippen molar-refractivity contribution in [1.82, 2.24) is 34.0 Å². The molecule has 0 atom stereocenters. The van der Waals surface area contributed by atoms with E-state index in [0.717, 1.165) is 155 Å². The minimum Gasteiger partial charge on any atom is -0.460 e. The van der Waals surface area contributed by atoms with E-state index in [4.69, 9.17) is 40.4 Å². The van der Waals surface area contributed by atoms with E-state index in [9.17, 15) is 9.59 Å². The van der Waals surface area contributed by atoms with Gasteiger partial charge in [0.25, 0.3) is 0 Å². The molecule has 2 aromatic carbocycles. The number of unbranched alkanes of at least 4 members (excludes halogenated alkanes) is 4. The molecule has 17 heteroatoms. The normalized spacial score (nSPS) is 12.1. The summed E-state index contributed by atoms with van der Waals surface area (Å²) >= 11 is 2.23. The number of rotatable bonds is 27. The Labute approximate surface area is 461 Å². The predicted molar refractivity (Wildman–Crippen MR) is 316 cm³/mol. The number of para-hydroxylation sites is 2. The Morgan fingerprint density at radius 3 is 1.48 bits per heavy atom. The van der Waals surface area contributed by atoms with E-state index < -0.39 is 5.60 Å². The number of alkyl halides is 1. The van der Waals surface area contributed by atoms with E-state index in [2.05, 4.69) is 113 Å². The number of anilines is 2. The lowest BCUT2D eigenvalue weighted by Gasteiger charge is -2.29. The van der Waals surface area contributed by atoms with Gasteiger partial charge in [-0.05, 0) is 113 Å². The number of hydrogen-bond donors (Lipinski definition) is 2. The second-order valence-corrected chi connectivity index (χ2v) is 23.3. The third-order valence-corrected chi connectivity index (χ3v) is 12.8. The summed E-state index contributed by atoms with van der Waals surface area (Å²) in [5.74, 6) is 2.89. The number of carbonyl (C=O) groups is 2. The molecular formula is C58H92IN10O6+. The summed E-state index contributed by atoms with van der Waals surface area (Å²) in [6.07, 6.45) is 11.6. The Kier molecular flexibility index (Phi) is 25.9.